The first-order valence-corrected chi connectivity index (χ1v) is 8.62. The molecule has 0 saturated carbocycles. The molecule has 3 rings (SSSR count). The molecule has 146 valence electrons. The largest absolute Gasteiger partial charge is 0.465 e. The van der Waals surface area contributed by atoms with E-state index in [0.29, 0.717) is 29.8 Å². The van der Waals surface area contributed by atoms with Crippen LogP contribution in [0.4, 0.5) is 10.6 Å². The van der Waals surface area contributed by atoms with Crippen molar-refractivity contribution in [3.63, 3.8) is 0 Å². The summed E-state index contributed by atoms with van der Waals surface area (Å²) < 4.78 is 0. The molecule has 1 aromatic heterocycles. The third-order valence-corrected chi connectivity index (χ3v) is 4.46. The normalized spacial score (nSPS) is 15.9. The summed E-state index contributed by atoms with van der Waals surface area (Å²) >= 11 is 0. The first-order chi connectivity index (χ1) is 13.4. The predicted octanol–water partition coefficient (Wildman–Crippen LogP) is 0.567. The lowest BCUT2D eigenvalue weighted by atomic mass is 10.1. The topological polar surface area (TPSA) is 151 Å². The van der Waals surface area contributed by atoms with Gasteiger partial charge >= 0.3 is 6.09 Å². The van der Waals surface area contributed by atoms with Gasteiger partial charge in [-0.2, -0.15) is 0 Å². The minimum Gasteiger partial charge on any atom is -0.465 e. The van der Waals surface area contributed by atoms with Crippen LogP contribution in [-0.2, 0) is 0 Å². The van der Waals surface area contributed by atoms with Crippen molar-refractivity contribution in [1.29, 1.82) is 0 Å². The Kier molecular flexibility index (Phi) is 5.39. The number of hydrogen-bond acceptors (Lipinski definition) is 6. The van der Waals surface area contributed by atoms with Crippen molar-refractivity contribution in [3.05, 3.63) is 41.7 Å². The standard InChI is InChI=1S/C18H20N6O4/c1-20-17(26)14-15(19)21-8-13(23-14)10-3-2-4-11(7-10)16(25)22-12-5-6-24(9-12)18(27)28/h2-4,7-8,12H,5-6,9H2,1H3,(H2,19,21)(H,20,26)(H,22,25)(H,27,28)/t12-/m1/s1. The van der Waals surface area contributed by atoms with Gasteiger partial charge in [-0.05, 0) is 18.6 Å². The Morgan fingerprint density at radius 3 is 2.75 bits per heavy atom. The summed E-state index contributed by atoms with van der Waals surface area (Å²) in [7, 11) is 1.47. The van der Waals surface area contributed by atoms with Crippen molar-refractivity contribution >= 4 is 23.7 Å². The zero-order valence-corrected chi connectivity index (χ0v) is 15.2. The maximum Gasteiger partial charge on any atom is 0.407 e. The maximum absolute atomic E-state index is 12.5. The molecule has 1 fully saturated rings. The van der Waals surface area contributed by atoms with Crippen LogP contribution in [0.2, 0.25) is 0 Å². The first kappa shape index (κ1) is 19.1. The highest BCUT2D eigenvalue weighted by Gasteiger charge is 2.27. The fraction of sp³-hybridized carbons (Fsp3) is 0.278. The Morgan fingerprint density at radius 1 is 1.29 bits per heavy atom. The lowest BCUT2D eigenvalue weighted by Crippen LogP contribution is -2.38. The molecule has 2 aromatic rings. The monoisotopic (exact) mass is 384 g/mol. The van der Waals surface area contributed by atoms with Gasteiger partial charge < -0.3 is 26.4 Å². The molecule has 1 aliphatic heterocycles. The molecule has 0 aliphatic carbocycles. The second-order valence-electron chi connectivity index (χ2n) is 6.34. The molecule has 0 unspecified atom stereocenters. The average Bonchev–Trinajstić information content (AvgIpc) is 3.16. The van der Waals surface area contributed by atoms with E-state index in [1.165, 1.54) is 18.1 Å². The van der Waals surface area contributed by atoms with E-state index in [4.69, 9.17) is 10.8 Å². The van der Waals surface area contributed by atoms with Gasteiger partial charge in [0.15, 0.2) is 11.5 Å². The number of carbonyl (C=O) groups excluding carboxylic acids is 2. The molecule has 5 N–H and O–H groups in total. The van der Waals surface area contributed by atoms with Crippen molar-refractivity contribution in [2.75, 3.05) is 25.9 Å². The number of benzene rings is 1. The van der Waals surface area contributed by atoms with Crippen LogP contribution in [0, 0.1) is 0 Å². The molecular weight excluding hydrogens is 364 g/mol. The molecule has 10 nitrogen and oxygen atoms in total. The van der Waals surface area contributed by atoms with Crippen LogP contribution < -0.4 is 16.4 Å². The lowest BCUT2D eigenvalue weighted by Gasteiger charge is -2.14. The van der Waals surface area contributed by atoms with Gasteiger partial charge in [0, 0.05) is 37.3 Å². The lowest BCUT2D eigenvalue weighted by molar-refractivity contribution is 0.0933. The molecule has 3 amide bonds. The van der Waals surface area contributed by atoms with Crippen LogP contribution in [0.15, 0.2) is 30.5 Å². The van der Waals surface area contributed by atoms with Gasteiger partial charge in [0.05, 0.1) is 11.9 Å². The fourth-order valence-corrected chi connectivity index (χ4v) is 2.96. The van der Waals surface area contributed by atoms with Crippen molar-refractivity contribution in [1.82, 2.24) is 25.5 Å². The highest BCUT2D eigenvalue weighted by Crippen LogP contribution is 2.20. The van der Waals surface area contributed by atoms with E-state index in [-0.39, 0.29) is 30.0 Å². The summed E-state index contributed by atoms with van der Waals surface area (Å²) in [4.78, 5) is 44.9. The van der Waals surface area contributed by atoms with Crippen LogP contribution in [0.1, 0.15) is 27.3 Å². The predicted molar refractivity (Wildman–Crippen MR) is 101 cm³/mol. The smallest absolute Gasteiger partial charge is 0.407 e. The number of nitrogen functional groups attached to an aromatic ring is 1. The number of hydrogen-bond donors (Lipinski definition) is 4. The second-order valence-corrected chi connectivity index (χ2v) is 6.34. The summed E-state index contributed by atoms with van der Waals surface area (Å²) in [6, 6.07) is 6.48. The van der Waals surface area contributed by atoms with E-state index in [1.807, 2.05) is 0 Å². The van der Waals surface area contributed by atoms with Crippen LogP contribution >= 0.6 is 0 Å². The van der Waals surface area contributed by atoms with Gasteiger partial charge in [0.2, 0.25) is 0 Å². The number of nitrogens with zero attached hydrogens (tertiary/aromatic N) is 3. The second kappa shape index (κ2) is 7.91. The number of likely N-dealkylation sites (tertiary alicyclic amines) is 1. The Bertz CT molecular complexity index is 932. The Balaban J connectivity index is 1.78. The van der Waals surface area contributed by atoms with E-state index >= 15 is 0 Å². The molecule has 0 spiro atoms. The Hall–Kier alpha value is -3.69. The molecule has 1 atom stereocenters. The number of carbonyl (C=O) groups is 3. The summed E-state index contributed by atoms with van der Waals surface area (Å²) in [5.74, 6) is -0.750. The number of aromatic nitrogens is 2. The fourth-order valence-electron chi connectivity index (χ4n) is 2.96. The van der Waals surface area contributed by atoms with E-state index in [9.17, 15) is 14.4 Å². The third kappa shape index (κ3) is 4.00. The number of nitrogens with one attached hydrogen (secondary N) is 2. The maximum atomic E-state index is 12.5. The summed E-state index contributed by atoms with van der Waals surface area (Å²) in [6.07, 6.45) is 1.00. The molecule has 0 bridgehead atoms. The average molecular weight is 384 g/mol. The molecule has 1 aliphatic rings. The zero-order valence-electron chi connectivity index (χ0n) is 15.2. The number of amides is 3. The minimum absolute atomic E-state index is 0.00886. The van der Waals surface area contributed by atoms with Crippen molar-refractivity contribution in [2.24, 2.45) is 0 Å². The first-order valence-electron chi connectivity index (χ1n) is 8.62. The van der Waals surface area contributed by atoms with Gasteiger partial charge in [0.25, 0.3) is 11.8 Å². The highest BCUT2D eigenvalue weighted by molar-refractivity contribution is 5.97. The van der Waals surface area contributed by atoms with E-state index in [0.717, 1.165) is 0 Å². The van der Waals surface area contributed by atoms with E-state index in [1.54, 1.807) is 24.3 Å². The highest BCUT2D eigenvalue weighted by atomic mass is 16.4. The van der Waals surface area contributed by atoms with E-state index in [2.05, 4.69) is 20.6 Å². The molecule has 2 heterocycles. The molecule has 1 saturated heterocycles. The van der Waals surface area contributed by atoms with Crippen molar-refractivity contribution < 1.29 is 19.5 Å². The van der Waals surface area contributed by atoms with Crippen LogP contribution in [0.3, 0.4) is 0 Å². The van der Waals surface area contributed by atoms with E-state index < -0.39 is 12.0 Å². The van der Waals surface area contributed by atoms with Crippen LogP contribution in [0.5, 0.6) is 0 Å². The van der Waals surface area contributed by atoms with Gasteiger partial charge in [-0.15, -0.1) is 0 Å². The number of rotatable bonds is 4. The SMILES string of the molecule is CNC(=O)c1nc(-c2cccc(C(=O)N[C@@H]3CCN(C(=O)O)C3)c2)cnc1N. The molecule has 10 heteroatoms. The summed E-state index contributed by atoms with van der Waals surface area (Å²) in [6.45, 7) is 0.656. The molecule has 0 radical (unpaired) electrons. The van der Waals surface area contributed by atoms with Gasteiger partial charge in [-0.25, -0.2) is 14.8 Å². The molecular formula is C18H20N6O4. The Labute approximate surface area is 160 Å². The number of carboxylic acid groups (broad SMARTS) is 1. The van der Waals surface area contributed by atoms with Gasteiger partial charge in [-0.3, -0.25) is 9.59 Å². The van der Waals surface area contributed by atoms with Crippen LogP contribution in [0.25, 0.3) is 11.3 Å². The van der Waals surface area contributed by atoms with Crippen LogP contribution in [-0.4, -0.2) is 64.1 Å². The van der Waals surface area contributed by atoms with Gasteiger partial charge in [0.1, 0.15) is 0 Å². The minimum atomic E-state index is -0.993. The summed E-state index contributed by atoms with van der Waals surface area (Å²) in [5, 5.41) is 14.3. The van der Waals surface area contributed by atoms with Gasteiger partial charge in [-0.1, -0.05) is 12.1 Å². The third-order valence-electron chi connectivity index (χ3n) is 4.46. The Morgan fingerprint density at radius 2 is 2.07 bits per heavy atom. The molecule has 1 aromatic carbocycles. The van der Waals surface area contributed by atoms with Crippen molar-refractivity contribution in [2.45, 2.75) is 12.5 Å². The summed E-state index contributed by atoms with van der Waals surface area (Å²) in [5.41, 5.74) is 7.11. The quantitative estimate of drug-likeness (QED) is 0.601. The zero-order chi connectivity index (χ0) is 20.3. The van der Waals surface area contributed by atoms with Crippen molar-refractivity contribution in [3.8, 4) is 11.3 Å². The molecule has 28 heavy (non-hydrogen) atoms. The number of nitrogens with two attached hydrogens (primary N) is 1. The number of anilines is 1.